The van der Waals surface area contributed by atoms with Gasteiger partial charge in [0.1, 0.15) is 17.5 Å². The third kappa shape index (κ3) is 3.82. The number of nitrogens with one attached hydrogen (secondary N) is 1. The summed E-state index contributed by atoms with van der Waals surface area (Å²) in [5.74, 6) is 2.94. The smallest absolute Gasteiger partial charge is 0.137 e. The SMILES string of the molecule is CCCc1nc(NC)c(C)c(N(C)C(C)CCC)n1. The second kappa shape index (κ2) is 7.31. The molecule has 1 N–H and O–H groups in total. The average molecular weight is 264 g/mol. The molecular weight excluding hydrogens is 236 g/mol. The zero-order chi connectivity index (χ0) is 14.4. The maximum absolute atomic E-state index is 4.75. The Balaban J connectivity index is 3.13. The lowest BCUT2D eigenvalue weighted by Crippen LogP contribution is -2.30. The molecule has 1 atom stereocenters. The molecular formula is C15H28N4. The zero-order valence-corrected chi connectivity index (χ0v) is 13.2. The topological polar surface area (TPSA) is 41.1 Å². The van der Waals surface area contributed by atoms with Crippen LogP contribution in [0.3, 0.4) is 0 Å². The summed E-state index contributed by atoms with van der Waals surface area (Å²) in [6, 6.07) is 0.498. The molecule has 4 heteroatoms. The molecule has 0 aliphatic heterocycles. The molecule has 1 unspecified atom stereocenters. The van der Waals surface area contributed by atoms with Gasteiger partial charge in [-0.3, -0.25) is 0 Å². The van der Waals surface area contributed by atoms with Gasteiger partial charge in [0.15, 0.2) is 0 Å². The van der Waals surface area contributed by atoms with Crippen LogP contribution in [0.4, 0.5) is 11.6 Å². The average Bonchev–Trinajstić information content (AvgIpc) is 2.40. The van der Waals surface area contributed by atoms with Gasteiger partial charge in [-0.2, -0.15) is 0 Å². The van der Waals surface area contributed by atoms with Gasteiger partial charge in [0, 0.05) is 32.1 Å². The number of nitrogens with zero attached hydrogens (tertiary/aromatic N) is 3. The predicted octanol–water partition coefficient (Wildman–Crippen LogP) is 3.40. The number of aromatic nitrogens is 2. The Hall–Kier alpha value is -1.32. The summed E-state index contributed by atoms with van der Waals surface area (Å²) in [6.07, 6.45) is 4.37. The first-order valence-corrected chi connectivity index (χ1v) is 7.33. The predicted molar refractivity (Wildman–Crippen MR) is 83.1 cm³/mol. The highest BCUT2D eigenvalue weighted by atomic mass is 15.2. The molecule has 1 aromatic rings. The van der Waals surface area contributed by atoms with Crippen LogP contribution in [0.15, 0.2) is 0 Å². The van der Waals surface area contributed by atoms with Gasteiger partial charge < -0.3 is 10.2 Å². The molecule has 0 fully saturated rings. The Kier molecular flexibility index (Phi) is 6.06. The number of anilines is 2. The lowest BCUT2D eigenvalue weighted by atomic mass is 10.1. The Morgan fingerprint density at radius 2 is 1.89 bits per heavy atom. The van der Waals surface area contributed by atoms with Gasteiger partial charge in [0.25, 0.3) is 0 Å². The highest BCUT2D eigenvalue weighted by Crippen LogP contribution is 2.25. The highest BCUT2D eigenvalue weighted by Gasteiger charge is 2.17. The molecule has 108 valence electrons. The fourth-order valence-corrected chi connectivity index (χ4v) is 2.29. The monoisotopic (exact) mass is 264 g/mol. The molecule has 0 radical (unpaired) electrons. The molecule has 0 amide bonds. The molecule has 1 rings (SSSR count). The van der Waals surface area contributed by atoms with Crippen LogP contribution in [0.5, 0.6) is 0 Å². The van der Waals surface area contributed by atoms with E-state index in [0.29, 0.717) is 6.04 Å². The highest BCUT2D eigenvalue weighted by molar-refractivity contribution is 5.58. The van der Waals surface area contributed by atoms with Crippen molar-refractivity contribution in [2.75, 3.05) is 24.3 Å². The van der Waals surface area contributed by atoms with Crippen LogP contribution in [0.2, 0.25) is 0 Å². The number of hydrogen-bond acceptors (Lipinski definition) is 4. The Morgan fingerprint density at radius 3 is 2.42 bits per heavy atom. The first-order valence-electron chi connectivity index (χ1n) is 7.33. The molecule has 0 aliphatic rings. The minimum atomic E-state index is 0.498. The first kappa shape index (κ1) is 15.7. The first-order chi connectivity index (χ1) is 9.04. The van der Waals surface area contributed by atoms with Gasteiger partial charge in [0.2, 0.25) is 0 Å². The van der Waals surface area contributed by atoms with E-state index in [1.54, 1.807) is 0 Å². The van der Waals surface area contributed by atoms with Gasteiger partial charge in [-0.25, -0.2) is 9.97 Å². The summed E-state index contributed by atoms with van der Waals surface area (Å²) in [4.78, 5) is 11.6. The third-order valence-electron chi connectivity index (χ3n) is 3.58. The maximum Gasteiger partial charge on any atom is 0.137 e. The minimum Gasteiger partial charge on any atom is -0.373 e. The minimum absolute atomic E-state index is 0.498. The molecule has 0 aliphatic carbocycles. The van der Waals surface area contributed by atoms with E-state index in [4.69, 9.17) is 4.98 Å². The molecule has 1 aromatic heterocycles. The summed E-state index contributed by atoms with van der Waals surface area (Å²) in [6.45, 7) is 8.72. The molecule has 0 bridgehead atoms. The van der Waals surface area contributed by atoms with Crippen molar-refractivity contribution in [3.8, 4) is 0 Å². The lowest BCUT2D eigenvalue weighted by molar-refractivity contribution is 0.608. The normalized spacial score (nSPS) is 12.3. The van der Waals surface area contributed by atoms with E-state index in [2.05, 4.69) is 49.9 Å². The largest absolute Gasteiger partial charge is 0.373 e. The van der Waals surface area contributed by atoms with Gasteiger partial charge in [-0.1, -0.05) is 20.3 Å². The number of aryl methyl sites for hydroxylation is 1. The summed E-state index contributed by atoms with van der Waals surface area (Å²) in [5.41, 5.74) is 1.13. The van der Waals surface area contributed by atoms with Gasteiger partial charge in [-0.05, 0) is 26.7 Å². The molecule has 4 nitrogen and oxygen atoms in total. The van der Waals surface area contributed by atoms with E-state index >= 15 is 0 Å². The van der Waals surface area contributed by atoms with E-state index in [1.807, 2.05) is 7.05 Å². The standard InChI is InChI=1S/C15H28N4/c1-7-9-11(3)19(6)15-12(4)14(16-5)17-13(18-15)10-8-2/h11H,7-10H2,1-6H3,(H,16,17,18). The quantitative estimate of drug-likeness (QED) is 0.819. The van der Waals surface area contributed by atoms with E-state index < -0.39 is 0 Å². The summed E-state index contributed by atoms with van der Waals surface area (Å²) in [5, 5.41) is 3.18. The van der Waals surface area contributed by atoms with Crippen molar-refractivity contribution in [1.29, 1.82) is 0 Å². The Bertz CT molecular complexity index is 403. The number of rotatable bonds is 7. The van der Waals surface area contributed by atoms with Crippen LogP contribution in [-0.2, 0) is 6.42 Å². The molecule has 1 heterocycles. The van der Waals surface area contributed by atoms with Crippen LogP contribution in [0.25, 0.3) is 0 Å². The van der Waals surface area contributed by atoms with E-state index in [9.17, 15) is 0 Å². The Morgan fingerprint density at radius 1 is 1.21 bits per heavy atom. The van der Waals surface area contributed by atoms with Crippen molar-refractivity contribution in [3.63, 3.8) is 0 Å². The summed E-state index contributed by atoms with van der Waals surface area (Å²) in [7, 11) is 4.05. The summed E-state index contributed by atoms with van der Waals surface area (Å²) >= 11 is 0. The fourth-order valence-electron chi connectivity index (χ4n) is 2.29. The Labute approximate surface area is 117 Å². The van der Waals surface area contributed by atoms with Crippen LogP contribution < -0.4 is 10.2 Å². The third-order valence-corrected chi connectivity index (χ3v) is 3.58. The van der Waals surface area contributed by atoms with Gasteiger partial charge >= 0.3 is 0 Å². The molecule has 0 aromatic carbocycles. The van der Waals surface area contributed by atoms with Gasteiger partial charge in [-0.15, -0.1) is 0 Å². The van der Waals surface area contributed by atoms with E-state index in [1.165, 1.54) is 12.8 Å². The number of hydrogen-bond donors (Lipinski definition) is 1. The molecule has 19 heavy (non-hydrogen) atoms. The van der Waals surface area contributed by atoms with Crippen molar-refractivity contribution in [3.05, 3.63) is 11.4 Å². The zero-order valence-electron chi connectivity index (χ0n) is 13.2. The van der Waals surface area contributed by atoms with Crippen LogP contribution >= 0.6 is 0 Å². The van der Waals surface area contributed by atoms with Crippen LogP contribution in [0.1, 0.15) is 51.4 Å². The van der Waals surface area contributed by atoms with Crippen molar-refractivity contribution in [2.24, 2.45) is 0 Å². The second-order valence-electron chi connectivity index (χ2n) is 5.19. The second-order valence-corrected chi connectivity index (χ2v) is 5.19. The molecule has 0 saturated heterocycles. The molecule has 0 saturated carbocycles. The maximum atomic E-state index is 4.75. The van der Waals surface area contributed by atoms with E-state index in [0.717, 1.165) is 35.9 Å². The summed E-state index contributed by atoms with van der Waals surface area (Å²) < 4.78 is 0. The van der Waals surface area contributed by atoms with Gasteiger partial charge in [0.05, 0.1) is 0 Å². The van der Waals surface area contributed by atoms with Crippen molar-refractivity contribution in [2.45, 2.75) is 59.4 Å². The van der Waals surface area contributed by atoms with Crippen molar-refractivity contribution < 1.29 is 0 Å². The molecule has 0 spiro atoms. The lowest BCUT2D eigenvalue weighted by Gasteiger charge is -2.28. The fraction of sp³-hybridized carbons (Fsp3) is 0.733. The van der Waals surface area contributed by atoms with Crippen LogP contribution in [-0.4, -0.2) is 30.1 Å². The van der Waals surface area contributed by atoms with Crippen molar-refractivity contribution >= 4 is 11.6 Å². The van der Waals surface area contributed by atoms with Crippen molar-refractivity contribution in [1.82, 2.24) is 9.97 Å². The van der Waals surface area contributed by atoms with E-state index in [-0.39, 0.29) is 0 Å². The van der Waals surface area contributed by atoms with Crippen LogP contribution in [0, 0.1) is 6.92 Å².